The number of allylic oxidation sites excluding steroid dienone is 1. The molecule has 1 atom stereocenters. The van der Waals surface area contributed by atoms with Gasteiger partial charge in [-0.15, -0.1) is 0 Å². The monoisotopic (exact) mass is 239 g/mol. The minimum absolute atomic E-state index is 0.414. The van der Waals surface area contributed by atoms with Crippen LogP contribution in [0.3, 0.4) is 0 Å². The summed E-state index contributed by atoms with van der Waals surface area (Å²) in [6.07, 6.45) is -2.95. The van der Waals surface area contributed by atoms with Gasteiger partial charge in [0.1, 0.15) is 6.10 Å². The number of alkyl halides is 3. The molecule has 0 rings (SSSR count). The van der Waals surface area contributed by atoms with E-state index in [1.807, 2.05) is 0 Å². The van der Waals surface area contributed by atoms with Crippen molar-refractivity contribution in [3.63, 3.8) is 0 Å². The Hall–Kier alpha value is -1.53. The summed E-state index contributed by atoms with van der Waals surface area (Å²) in [5.74, 6) is -2.70. The number of carbonyl (C=O) groups is 2. The number of esters is 1. The fraction of sp³-hybridized carbons (Fsp3) is 0.556. The van der Waals surface area contributed by atoms with Gasteiger partial charge in [0.15, 0.2) is 0 Å². The summed E-state index contributed by atoms with van der Waals surface area (Å²) in [4.78, 5) is 21.0. The smallest absolute Gasteiger partial charge is 0.456 e. The zero-order chi connectivity index (χ0) is 12.8. The first-order valence-corrected chi connectivity index (χ1v) is 4.42. The third kappa shape index (κ3) is 6.05. The zero-order valence-electron chi connectivity index (χ0n) is 8.80. The Morgan fingerprint density at radius 2 is 2.00 bits per heavy atom. The summed E-state index contributed by atoms with van der Waals surface area (Å²) in [6.45, 7) is 2.33. The molecule has 0 fully saturated rings. The predicted octanol–water partition coefficient (Wildman–Crippen LogP) is 1.17. The molecular formula is C9H12F3NO3. The molecule has 0 saturated heterocycles. The Balaban J connectivity index is 4.22. The fourth-order valence-corrected chi connectivity index (χ4v) is 0.870. The molecule has 0 saturated carbocycles. The summed E-state index contributed by atoms with van der Waals surface area (Å²) >= 11 is 0. The van der Waals surface area contributed by atoms with Crippen LogP contribution >= 0.6 is 0 Å². The average molecular weight is 239 g/mol. The van der Waals surface area contributed by atoms with Gasteiger partial charge in [0.05, 0.1) is 6.54 Å². The molecule has 0 heterocycles. The first-order valence-electron chi connectivity index (χ1n) is 4.42. The van der Waals surface area contributed by atoms with Gasteiger partial charge < -0.3 is 10.1 Å². The van der Waals surface area contributed by atoms with Gasteiger partial charge in [0.25, 0.3) is 0 Å². The zero-order valence-corrected chi connectivity index (χ0v) is 8.80. The Labute approximate surface area is 90.5 Å². The van der Waals surface area contributed by atoms with Crippen molar-refractivity contribution in [2.45, 2.75) is 26.1 Å². The highest BCUT2D eigenvalue weighted by molar-refractivity contribution is 5.81. The topological polar surface area (TPSA) is 55.4 Å². The normalized spacial score (nSPS) is 13.6. The Morgan fingerprint density at radius 1 is 1.44 bits per heavy atom. The number of amides is 1. The van der Waals surface area contributed by atoms with E-state index in [2.05, 4.69) is 4.74 Å². The second kappa shape index (κ2) is 6.14. The first-order chi connectivity index (χ1) is 7.27. The third-order valence-electron chi connectivity index (χ3n) is 1.45. The largest absolute Gasteiger partial charge is 0.471 e. The van der Waals surface area contributed by atoms with E-state index >= 15 is 0 Å². The number of halogens is 3. The van der Waals surface area contributed by atoms with Crippen LogP contribution in [0.5, 0.6) is 0 Å². The summed E-state index contributed by atoms with van der Waals surface area (Å²) in [7, 11) is 0. The molecule has 16 heavy (non-hydrogen) atoms. The van der Waals surface area contributed by atoms with E-state index in [-0.39, 0.29) is 0 Å². The Morgan fingerprint density at radius 3 is 2.38 bits per heavy atom. The number of rotatable bonds is 4. The molecule has 0 aromatic rings. The van der Waals surface area contributed by atoms with Gasteiger partial charge in [0, 0.05) is 6.92 Å². The van der Waals surface area contributed by atoms with Crippen LogP contribution in [0.1, 0.15) is 13.8 Å². The maximum atomic E-state index is 11.8. The van der Waals surface area contributed by atoms with Crippen LogP contribution in [0.25, 0.3) is 0 Å². The van der Waals surface area contributed by atoms with Crippen molar-refractivity contribution in [3.8, 4) is 0 Å². The molecule has 0 aromatic carbocycles. The fourth-order valence-electron chi connectivity index (χ4n) is 0.870. The van der Waals surface area contributed by atoms with Crippen molar-refractivity contribution in [2.75, 3.05) is 6.54 Å². The molecule has 4 nitrogen and oxygen atoms in total. The molecule has 0 aliphatic carbocycles. The van der Waals surface area contributed by atoms with Crippen LogP contribution in [0, 0.1) is 0 Å². The molecule has 7 heteroatoms. The molecule has 0 bridgehead atoms. The van der Waals surface area contributed by atoms with E-state index in [0.717, 1.165) is 6.92 Å². The van der Waals surface area contributed by atoms with Crippen LogP contribution in [-0.4, -0.2) is 30.7 Å². The van der Waals surface area contributed by atoms with E-state index in [1.54, 1.807) is 12.2 Å². The van der Waals surface area contributed by atoms with Crippen LogP contribution < -0.4 is 5.32 Å². The molecular weight excluding hydrogens is 227 g/mol. The number of hydrogen-bond acceptors (Lipinski definition) is 3. The Bertz CT molecular complexity index is 286. The van der Waals surface area contributed by atoms with Crippen LogP contribution in [0.15, 0.2) is 12.2 Å². The molecule has 0 aliphatic rings. The van der Waals surface area contributed by atoms with Crippen molar-refractivity contribution in [1.29, 1.82) is 0 Å². The molecule has 0 radical (unpaired) electrons. The van der Waals surface area contributed by atoms with Gasteiger partial charge in [-0.3, -0.25) is 9.59 Å². The lowest BCUT2D eigenvalue weighted by Gasteiger charge is -2.14. The number of nitrogens with one attached hydrogen (secondary N) is 1. The highest BCUT2D eigenvalue weighted by Crippen LogP contribution is 2.14. The lowest BCUT2D eigenvalue weighted by atomic mass is 10.3. The molecule has 0 spiro atoms. The third-order valence-corrected chi connectivity index (χ3v) is 1.45. The highest BCUT2D eigenvalue weighted by atomic mass is 19.4. The molecule has 0 aliphatic heterocycles. The average Bonchev–Trinajstić information content (AvgIpc) is 2.11. The predicted molar refractivity (Wildman–Crippen MR) is 49.4 cm³/mol. The van der Waals surface area contributed by atoms with Crippen molar-refractivity contribution in [3.05, 3.63) is 12.2 Å². The van der Waals surface area contributed by atoms with Gasteiger partial charge in [-0.1, -0.05) is 6.08 Å². The second-order valence-corrected chi connectivity index (χ2v) is 2.88. The van der Waals surface area contributed by atoms with Gasteiger partial charge in [-0.05, 0) is 13.0 Å². The number of ether oxygens (including phenoxy) is 1. The van der Waals surface area contributed by atoms with Crippen LogP contribution in [0.4, 0.5) is 13.2 Å². The maximum Gasteiger partial charge on any atom is 0.471 e. The van der Waals surface area contributed by atoms with Gasteiger partial charge in [-0.2, -0.15) is 13.2 Å². The van der Waals surface area contributed by atoms with Crippen molar-refractivity contribution >= 4 is 11.9 Å². The van der Waals surface area contributed by atoms with E-state index < -0.39 is 30.7 Å². The van der Waals surface area contributed by atoms with E-state index in [9.17, 15) is 22.8 Å². The summed E-state index contributed by atoms with van der Waals surface area (Å²) in [6, 6.07) is 0. The molecule has 1 amide bonds. The standard InChI is InChI=1S/C9H12F3NO3/c1-3-4-7(16-6(2)14)5-13-8(15)9(10,11)12/h3-4,7H,5H2,1-2H3,(H,13,15)/b4-3+. The Kier molecular flexibility index (Phi) is 5.55. The lowest BCUT2D eigenvalue weighted by Crippen LogP contribution is -2.41. The molecule has 0 aromatic heterocycles. The highest BCUT2D eigenvalue weighted by Gasteiger charge is 2.38. The summed E-state index contributed by atoms with van der Waals surface area (Å²) in [5, 5.41) is 1.62. The molecule has 1 N–H and O–H groups in total. The van der Waals surface area contributed by atoms with E-state index in [0.29, 0.717) is 0 Å². The quantitative estimate of drug-likeness (QED) is 0.592. The van der Waals surface area contributed by atoms with Crippen molar-refractivity contribution in [2.24, 2.45) is 0 Å². The second-order valence-electron chi connectivity index (χ2n) is 2.88. The van der Waals surface area contributed by atoms with Gasteiger partial charge >= 0.3 is 18.1 Å². The van der Waals surface area contributed by atoms with E-state index in [4.69, 9.17) is 0 Å². The maximum absolute atomic E-state index is 11.8. The number of carbonyl (C=O) groups excluding carboxylic acids is 2. The minimum atomic E-state index is -4.93. The van der Waals surface area contributed by atoms with Gasteiger partial charge in [-0.25, -0.2) is 0 Å². The van der Waals surface area contributed by atoms with E-state index in [1.165, 1.54) is 12.2 Å². The van der Waals surface area contributed by atoms with Crippen LogP contribution in [-0.2, 0) is 14.3 Å². The first kappa shape index (κ1) is 14.5. The number of hydrogen-bond donors (Lipinski definition) is 1. The SMILES string of the molecule is C/C=C/C(CNC(=O)C(F)(F)F)OC(C)=O. The van der Waals surface area contributed by atoms with Crippen molar-refractivity contribution < 1.29 is 27.5 Å². The van der Waals surface area contributed by atoms with Crippen molar-refractivity contribution in [1.82, 2.24) is 5.32 Å². The summed E-state index contributed by atoms with van der Waals surface area (Å²) in [5.41, 5.74) is 0. The lowest BCUT2D eigenvalue weighted by molar-refractivity contribution is -0.174. The van der Waals surface area contributed by atoms with Gasteiger partial charge in [0.2, 0.25) is 0 Å². The van der Waals surface area contributed by atoms with Crippen LogP contribution in [0.2, 0.25) is 0 Å². The molecule has 92 valence electrons. The summed E-state index contributed by atoms with van der Waals surface area (Å²) < 4.78 is 40.1. The molecule has 1 unspecified atom stereocenters. The minimum Gasteiger partial charge on any atom is -0.456 e.